The highest BCUT2D eigenvalue weighted by Crippen LogP contribution is 2.38. The fourth-order valence-electron chi connectivity index (χ4n) is 5.69. The molecule has 1 fully saturated rings. The summed E-state index contributed by atoms with van der Waals surface area (Å²) in [7, 11) is -0.771. The molecular weight excluding hydrogens is 496 g/mol. The molecule has 0 radical (unpaired) electrons. The van der Waals surface area contributed by atoms with E-state index in [9.17, 15) is 18.4 Å². The molecule has 1 unspecified atom stereocenters. The second-order valence-electron chi connectivity index (χ2n) is 10.4. The van der Waals surface area contributed by atoms with Gasteiger partial charge in [-0.1, -0.05) is 6.07 Å². The topological polar surface area (TPSA) is 124 Å². The van der Waals surface area contributed by atoms with Crippen LogP contribution in [0.3, 0.4) is 0 Å². The predicted octanol–water partition coefficient (Wildman–Crippen LogP) is 1.27. The number of carbonyl (C=O) groups excluding carboxylic acids is 1. The molecule has 1 aliphatic heterocycles. The molecule has 2 N–H and O–H groups in total. The molecule has 2 aromatic rings. The van der Waals surface area contributed by atoms with E-state index >= 15 is 0 Å². The van der Waals surface area contributed by atoms with Gasteiger partial charge in [0.25, 0.3) is 0 Å². The second kappa shape index (κ2) is 10.7. The number of fused-ring (bicyclic) bond motifs is 2. The van der Waals surface area contributed by atoms with Crippen LogP contribution in [0.25, 0.3) is 0 Å². The van der Waals surface area contributed by atoms with Crippen LogP contribution in [0, 0.1) is 5.21 Å². The van der Waals surface area contributed by atoms with Crippen molar-refractivity contribution in [3.05, 3.63) is 45.9 Å². The van der Waals surface area contributed by atoms with Gasteiger partial charge in [-0.2, -0.15) is 18.0 Å². The number of rotatable bonds is 8. The molecule has 2 heterocycles. The lowest BCUT2D eigenvalue weighted by atomic mass is 9.99. The van der Waals surface area contributed by atoms with Gasteiger partial charge in [0.15, 0.2) is 0 Å². The summed E-state index contributed by atoms with van der Waals surface area (Å²) in [4.78, 5) is 15.2. The van der Waals surface area contributed by atoms with Gasteiger partial charge in [-0.05, 0) is 87.7 Å². The van der Waals surface area contributed by atoms with Gasteiger partial charge in [-0.25, -0.2) is 9.10 Å². The number of aryl methyl sites for hydroxylation is 2. The van der Waals surface area contributed by atoms with Gasteiger partial charge in [0.1, 0.15) is 0 Å². The number of carbonyl (C=O) groups is 1. The van der Waals surface area contributed by atoms with Crippen molar-refractivity contribution in [2.24, 2.45) is 0 Å². The van der Waals surface area contributed by atoms with E-state index in [0.717, 1.165) is 60.5 Å². The van der Waals surface area contributed by atoms with E-state index in [-0.39, 0.29) is 5.69 Å². The van der Waals surface area contributed by atoms with Crippen LogP contribution in [-0.4, -0.2) is 69.0 Å². The van der Waals surface area contributed by atoms with Crippen molar-refractivity contribution in [1.82, 2.24) is 14.7 Å². The Morgan fingerprint density at radius 3 is 2.43 bits per heavy atom. The standard InChI is InChI=1S/C25H36N6O5S/c1-28(2)11-12-29-17-21(16-26-29)30(20-9-13-36-14-10-20)37(34,35)31(33)25(32)27-24-22-7-3-5-18(22)15-19-6-4-8-23(19)24/h15-17,20,31H,3-14H2,1-2H3,(H,27,32). The summed E-state index contributed by atoms with van der Waals surface area (Å²) in [6.07, 6.45) is 9.42. The van der Waals surface area contributed by atoms with Gasteiger partial charge in [-0.15, -0.1) is 0 Å². The first-order chi connectivity index (χ1) is 17.8. The molecule has 1 saturated heterocycles. The summed E-state index contributed by atoms with van der Waals surface area (Å²) in [5.41, 5.74) is 5.42. The maximum Gasteiger partial charge on any atom is 0.436 e. The number of ether oxygens (including phenoxy) is 1. The summed E-state index contributed by atoms with van der Waals surface area (Å²) >= 11 is 0. The highest BCUT2D eigenvalue weighted by molar-refractivity contribution is 7.86. The van der Waals surface area contributed by atoms with E-state index in [1.165, 1.54) is 17.3 Å². The third kappa shape index (κ3) is 5.26. The maximum absolute atomic E-state index is 13.7. The van der Waals surface area contributed by atoms with Crippen LogP contribution in [0.2, 0.25) is 0 Å². The zero-order chi connectivity index (χ0) is 26.2. The minimum atomic E-state index is -4.66. The first-order valence-corrected chi connectivity index (χ1v) is 14.5. The van der Waals surface area contributed by atoms with Gasteiger partial charge in [0.05, 0.1) is 30.2 Å². The minimum absolute atomic E-state index is 0.285. The molecule has 2 aliphatic carbocycles. The first-order valence-electron chi connectivity index (χ1n) is 13.1. The molecule has 5 rings (SSSR count). The Hall–Kier alpha value is -2.51. The van der Waals surface area contributed by atoms with E-state index in [2.05, 4.69) is 16.5 Å². The van der Waals surface area contributed by atoms with Gasteiger partial charge in [-0.3, -0.25) is 10.00 Å². The summed E-state index contributed by atoms with van der Waals surface area (Å²) in [6.45, 7) is 2.05. The van der Waals surface area contributed by atoms with Crippen LogP contribution in [0.4, 0.5) is 16.2 Å². The highest BCUT2D eigenvalue weighted by Gasteiger charge is 2.40. The number of nitrogens with zero attached hydrogens (tertiary/aromatic N) is 4. The fraction of sp³-hybridized carbons (Fsp3) is 0.600. The number of quaternary nitrogens is 1. The quantitative estimate of drug-likeness (QED) is 0.491. The lowest BCUT2D eigenvalue weighted by Gasteiger charge is -2.35. The number of benzene rings is 1. The van der Waals surface area contributed by atoms with Crippen LogP contribution >= 0.6 is 0 Å². The molecule has 0 spiro atoms. The largest absolute Gasteiger partial charge is 0.608 e. The molecule has 11 nitrogen and oxygen atoms in total. The molecule has 3 aliphatic rings. The Balaban J connectivity index is 1.42. The average molecular weight is 533 g/mol. The smallest absolute Gasteiger partial charge is 0.436 e. The summed E-state index contributed by atoms with van der Waals surface area (Å²) in [6, 6.07) is 0.624. The molecule has 2 amide bonds. The third-order valence-electron chi connectivity index (χ3n) is 7.56. The number of hydroxylamine groups is 1. The van der Waals surface area contributed by atoms with E-state index < -0.39 is 26.8 Å². The maximum atomic E-state index is 13.7. The number of nitrogens with one attached hydrogen (secondary N) is 2. The number of hydrogen-bond donors (Lipinski definition) is 2. The Kier molecular flexibility index (Phi) is 7.55. The van der Waals surface area contributed by atoms with Gasteiger partial charge in [0.2, 0.25) is 0 Å². The van der Waals surface area contributed by atoms with Crippen LogP contribution in [0.15, 0.2) is 18.5 Å². The zero-order valence-corrected chi connectivity index (χ0v) is 22.3. The molecule has 202 valence electrons. The average Bonchev–Trinajstić information content (AvgIpc) is 3.64. The fourth-order valence-corrected chi connectivity index (χ4v) is 7.13. The molecule has 0 bridgehead atoms. The monoisotopic (exact) mass is 532 g/mol. The van der Waals surface area contributed by atoms with Crippen molar-refractivity contribution in [2.45, 2.75) is 64.0 Å². The molecule has 1 aromatic heterocycles. The molecule has 1 aromatic carbocycles. The molecular formula is C25H36N6O5S. The SMILES string of the molecule is CN(C)CCn1cc(N(C2CCOCC2)S(=O)(=O)[NH+]([O-])C(=O)Nc2c3c(cc4c2CCC4)CCC3)cn1. The van der Waals surface area contributed by atoms with Gasteiger partial charge < -0.3 is 14.8 Å². The number of hydrogen-bond acceptors (Lipinski definition) is 7. The Labute approximate surface area is 218 Å². The Morgan fingerprint density at radius 2 is 1.81 bits per heavy atom. The van der Waals surface area contributed by atoms with Crippen LogP contribution in [0.1, 0.15) is 47.9 Å². The normalized spacial score (nSPS) is 18.6. The first kappa shape index (κ1) is 26.1. The number of amides is 2. The zero-order valence-electron chi connectivity index (χ0n) is 21.5. The second-order valence-corrected chi connectivity index (χ2v) is 12.1. The van der Waals surface area contributed by atoms with E-state index in [1.54, 1.807) is 10.9 Å². The number of likely N-dealkylation sites (N-methyl/N-ethyl adjacent to an activating group) is 1. The van der Waals surface area contributed by atoms with E-state index in [1.807, 2.05) is 19.0 Å². The van der Waals surface area contributed by atoms with Crippen molar-refractivity contribution in [2.75, 3.05) is 43.5 Å². The van der Waals surface area contributed by atoms with Crippen molar-refractivity contribution in [1.29, 1.82) is 0 Å². The van der Waals surface area contributed by atoms with Crippen LogP contribution < -0.4 is 14.1 Å². The lowest BCUT2D eigenvalue weighted by molar-refractivity contribution is -0.604. The Morgan fingerprint density at radius 1 is 1.16 bits per heavy atom. The summed E-state index contributed by atoms with van der Waals surface area (Å²) in [5, 5.41) is 20.4. The van der Waals surface area contributed by atoms with Gasteiger partial charge >= 0.3 is 16.2 Å². The summed E-state index contributed by atoms with van der Waals surface area (Å²) in [5.74, 6) is 0. The number of urea groups is 1. The van der Waals surface area contributed by atoms with Gasteiger partial charge in [0, 0.05) is 26.0 Å². The highest BCUT2D eigenvalue weighted by atomic mass is 32.2. The lowest BCUT2D eigenvalue weighted by Crippen LogP contribution is -3.14. The summed E-state index contributed by atoms with van der Waals surface area (Å²) < 4.78 is 34.2. The van der Waals surface area contributed by atoms with Crippen molar-refractivity contribution < 1.29 is 22.4 Å². The third-order valence-corrected chi connectivity index (χ3v) is 9.24. The number of anilines is 2. The van der Waals surface area contributed by atoms with E-state index in [4.69, 9.17) is 4.74 Å². The minimum Gasteiger partial charge on any atom is -0.608 e. The molecule has 0 saturated carbocycles. The van der Waals surface area contributed by atoms with Crippen molar-refractivity contribution >= 4 is 27.6 Å². The van der Waals surface area contributed by atoms with Crippen LogP contribution in [-0.2, 0) is 47.2 Å². The molecule has 1 atom stereocenters. The van der Waals surface area contributed by atoms with Crippen LogP contribution in [0.5, 0.6) is 0 Å². The number of aromatic nitrogens is 2. The van der Waals surface area contributed by atoms with E-state index in [0.29, 0.717) is 38.3 Å². The van der Waals surface area contributed by atoms with Crippen molar-refractivity contribution in [3.63, 3.8) is 0 Å². The molecule has 37 heavy (non-hydrogen) atoms. The van der Waals surface area contributed by atoms with Crippen molar-refractivity contribution in [3.8, 4) is 0 Å². The molecule has 12 heteroatoms. The Bertz CT molecular complexity index is 1220. The predicted molar refractivity (Wildman–Crippen MR) is 140 cm³/mol.